The van der Waals surface area contributed by atoms with Crippen molar-refractivity contribution in [3.05, 3.63) is 11.6 Å². The number of epoxide rings is 2. The van der Waals surface area contributed by atoms with Crippen molar-refractivity contribution >= 4 is 12.1 Å². The Bertz CT molecular complexity index is 746. The molecule has 0 aromatic carbocycles. The number of nitrogens with zero attached hydrogens (tertiary/aromatic N) is 1. The minimum absolute atomic E-state index is 0. The maximum absolute atomic E-state index is 12.6. The predicted molar refractivity (Wildman–Crippen MR) is 106 cm³/mol. The molecule has 174 valence electrons. The molecule has 1 aliphatic carbocycles. The zero-order chi connectivity index (χ0) is 22.4. The second-order valence-electron chi connectivity index (χ2n) is 9.51. The van der Waals surface area contributed by atoms with E-state index in [1.54, 1.807) is 7.11 Å². The smallest absolute Gasteiger partial charge is 0.548 e. The van der Waals surface area contributed by atoms with Crippen molar-refractivity contribution in [1.29, 1.82) is 0 Å². The number of carbonyl (C=O) groups excluding carboxylic acids is 2. The van der Waals surface area contributed by atoms with Gasteiger partial charge in [0.2, 0.25) is 0 Å². The molecule has 32 heavy (non-hydrogen) atoms. The summed E-state index contributed by atoms with van der Waals surface area (Å²) in [5.74, 6) is -1.30. The van der Waals surface area contributed by atoms with E-state index in [4.69, 9.17) is 23.7 Å². The number of carboxylic acid groups (broad SMARTS) is 1. The predicted octanol–water partition coefficient (Wildman–Crippen LogP) is -2.35. The molecule has 6 atom stereocenters. The monoisotopic (exact) mass is 461 g/mol. The first kappa shape index (κ1) is 25.9. The van der Waals surface area contributed by atoms with Crippen molar-refractivity contribution in [3.63, 3.8) is 0 Å². The number of hydrogen-bond acceptors (Lipinski definition) is 8. The van der Waals surface area contributed by atoms with E-state index in [0.29, 0.717) is 26.1 Å². The molecule has 0 aromatic heterocycles. The summed E-state index contributed by atoms with van der Waals surface area (Å²) in [5.41, 5.74) is 0.610. The molecule has 4 fully saturated rings. The van der Waals surface area contributed by atoms with Crippen LogP contribution in [-0.4, -0.2) is 86.0 Å². The van der Waals surface area contributed by atoms with Crippen molar-refractivity contribution in [3.8, 4) is 0 Å². The first-order chi connectivity index (χ1) is 14.7. The Morgan fingerprint density at radius 2 is 1.97 bits per heavy atom. The van der Waals surface area contributed by atoms with Gasteiger partial charge in [0.15, 0.2) is 0 Å². The molecule has 1 saturated carbocycles. The maximum atomic E-state index is 12.6. The summed E-state index contributed by atoms with van der Waals surface area (Å²) >= 11 is 0. The van der Waals surface area contributed by atoms with Crippen molar-refractivity contribution in [2.75, 3.05) is 33.4 Å². The van der Waals surface area contributed by atoms with Gasteiger partial charge in [-0.2, -0.15) is 0 Å². The molecule has 9 nitrogen and oxygen atoms in total. The number of ether oxygens (including phenoxy) is 5. The minimum atomic E-state index is -1.27. The van der Waals surface area contributed by atoms with Gasteiger partial charge < -0.3 is 38.5 Å². The fourth-order valence-electron chi connectivity index (χ4n) is 5.15. The van der Waals surface area contributed by atoms with Gasteiger partial charge in [-0.25, -0.2) is 4.79 Å². The Balaban J connectivity index is 0.00000289. The van der Waals surface area contributed by atoms with Crippen LogP contribution >= 0.6 is 0 Å². The normalized spacial score (nSPS) is 37.8. The van der Waals surface area contributed by atoms with Crippen molar-refractivity contribution in [1.82, 2.24) is 4.90 Å². The van der Waals surface area contributed by atoms with Crippen molar-refractivity contribution in [2.45, 2.75) is 75.7 Å². The van der Waals surface area contributed by atoms with Gasteiger partial charge in [-0.15, -0.1) is 0 Å². The fraction of sp³-hybridized carbons (Fsp3) is 0.818. The zero-order valence-electron chi connectivity index (χ0n) is 19.6. The summed E-state index contributed by atoms with van der Waals surface area (Å²) in [7, 11) is 1.64. The second-order valence-corrected chi connectivity index (χ2v) is 9.51. The Morgan fingerprint density at radius 3 is 2.53 bits per heavy atom. The summed E-state index contributed by atoms with van der Waals surface area (Å²) in [6, 6.07) is 0. The molecule has 10 heteroatoms. The molecule has 1 amide bonds. The third-order valence-electron chi connectivity index (χ3n) is 7.03. The molecule has 1 spiro atoms. The number of allylic oxidation sites excluding steroid dienone is 1. The van der Waals surface area contributed by atoms with E-state index in [1.807, 2.05) is 0 Å². The number of carbonyl (C=O) groups is 2. The van der Waals surface area contributed by atoms with Gasteiger partial charge in [0.05, 0.1) is 50.4 Å². The third-order valence-corrected chi connectivity index (χ3v) is 7.03. The maximum Gasteiger partial charge on any atom is 1.00 e. The van der Waals surface area contributed by atoms with E-state index >= 15 is 0 Å². The van der Waals surface area contributed by atoms with E-state index in [2.05, 4.69) is 26.8 Å². The van der Waals surface area contributed by atoms with E-state index in [1.165, 1.54) is 10.5 Å². The van der Waals surface area contributed by atoms with Crippen LogP contribution in [0, 0.1) is 5.92 Å². The SMILES string of the molecule is CO[C@@H]1[C@H](OC(=O)N2CC(OCC(=O)[O-])C2)CC[C@]2(CO2)[C@H]1[C@@]1(C)O[C@@H]1CC=C(C)C.[Na+]. The van der Waals surface area contributed by atoms with Crippen LogP contribution in [0.1, 0.15) is 40.0 Å². The molecule has 0 N–H and O–H groups in total. The molecule has 3 saturated heterocycles. The molecule has 3 heterocycles. The largest absolute Gasteiger partial charge is 1.00 e. The van der Waals surface area contributed by atoms with Gasteiger partial charge in [-0.1, -0.05) is 11.6 Å². The second kappa shape index (κ2) is 9.90. The average molecular weight is 461 g/mol. The molecule has 0 unspecified atom stereocenters. The number of rotatable bonds is 8. The van der Waals surface area contributed by atoms with E-state index in [-0.39, 0.29) is 65.0 Å². The average Bonchev–Trinajstić information content (AvgIpc) is 3.57. The molecule has 4 aliphatic rings. The number of methoxy groups -OCH3 is 1. The van der Waals surface area contributed by atoms with E-state index < -0.39 is 24.8 Å². The van der Waals surface area contributed by atoms with Gasteiger partial charge in [-0.05, 0) is 40.0 Å². The number of carboxylic acids is 1. The molecular formula is C22H32NNaO8. The van der Waals surface area contributed by atoms with Crippen LogP contribution in [-0.2, 0) is 28.5 Å². The number of amides is 1. The Hall–Kier alpha value is -0.680. The first-order valence-corrected chi connectivity index (χ1v) is 10.9. The standard InChI is InChI=1S/C22H33NO8.Na/c1-13(2)5-6-16-21(3,31-16)19-18(27-4)15(7-8-22(19)12-29-22)30-20(26)23-9-14(10-23)28-11-17(24)25;/h5,14-16,18-19H,6-12H2,1-4H3,(H,24,25);/q;+1/p-1/t15-,16-,18-,19-,21+,22+;/m1./s1. The molecule has 3 aliphatic heterocycles. The van der Waals surface area contributed by atoms with Crippen LogP contribution in [0.25, 0.3) is 0 Å². The van der Waals surface area contributed by atoms with Crippen molar-refractivity contribution < 1.29 is 67.9 Å². The summed E-state index contributed by atoms with van der Waals surface area (Å²) in [6.45, 7) is 7.06. The summed E-state index contributed by atoms with van der Waals surface area (Å²) in [5, 5.41) is 10.5. The molecule has 4 rings (SSSR count). The number of aliphatic carboxylic acids is 1. The minimum Gasteiger partial charge on any atom is -0.548 e. The van der Waals surface area contributed by atoms with Gasteiger partial charge in [0.1, 0.15) is 23.4 Å². The zero-order valence-corrected chi connectivity index (χ0v) is 21.6. The number of hydrogen-bond donors (Lipinski definition) is 0. The van der Waals surface area contributed by atoms with Crippen LogP contribution < -0.4 is 34.7 Å². The molecule has 0 bridgehead atoms. The van der Waals surface area contributed by atoms with Gasteiger partial charge in [0.25, 0.3) is 0 Å². The quantitative estimate of drug-likeness (QED) is 0.224. The van der Waals surface area contributed by atoms with Crippen molar-refractivity contribution in [2.24, 2.45) is 5.92 Å². The van der Waals surface area contributed by atoms with E-state index in [0.717, 1.165) is 12.8 Å². The van der Waals surface area contributed by atoms with Gasteiger partial charge in [-0.3, -0.25) is 0 Å². The molecule has 0 radical (unpaired) electrons. The molecular weight excluding hydrogens is 429 g/mol. The Labute approximate surface area is 211 Å². The van der Waals surface area contributed by atoms with Crippen LogP contribution in [0.2, 0.25) is 0 Å². The molecule has 0 aromatic rings. The number of likely N-dealkylation sites (tertiary alicyclic amines) is 1. The van der Waals surface area contributed by atoms with Crippen LogP contribution in [0.4, 0.5) is 4.79 Å². The summed E-state index contributed by atoms with van der Waals surface area (Å²) in [6.07, 6.45) is 3.11. The third kappa shape index (κ3) is 5.19. The van der Waals surface area contributed by atoms with Gasteiger partial charge >= 0.3 is 35.7 Å². The fourth-order valence-corrected chi connectivity index (χ4v) is 5.15. The summed E-state index contributed by atoms with van der Waals surface area (Å²) in [4.78, 5) is 24.6. The van der Waals surface area contributed by atoms with Crippen LogP contribution in [0.15, 0.2) is 11.6 Å². The Kier molecular flexibility index (Phi) is 8.02. The van der Waals surface area contributed by atoms with Crippen LogP contribution in [0.5, 0.6) is 0 Å². The van der Waals surface area contributed by atoms with Crippen LogP contribution in [0.3, 0.4) is 0 Å². The first-order valence-electron chi connectivity index (χ1n) is 10.9. The summed E-state index contributed by atoms with van der Waals surface area (Å²) < 4.78 is 28.9. The Morgan fingerprint density at radius 1 is 1.28 bits per heavy atom. The van der Waals surface area contributed by atoms with Gasteiger partial charge in [0, 0.05) is 7.11 Å². The topological polar surface area (TPSA) is 113 Å². The van der Waals surface area contributed by atoms with E-state index in [9.17, 15) is 14.7 Å².